The van der Waals surface area contributed by atoms with Crippen LogP contribution in [-0.4, -0.2) is 28.9 Å². The summed E-state index contributed by atoms with van der Waals surface area (Å²) in [6.45, 7) is 4.59. The number of primary amides is 1. The van der Waals surface area contributed by atoms with E-state index < -0.39 is 0 Å². The number of carbonyl (C=O) groups is 1. The fourth-order valence-electron chi connectivity index (χ4n) is 2.86. The Kier molecular flexibility index (Phi) is 4.93. The van der Waals surface area contributed by atoms with Crippen molar-refractivity contribution in [2.75, 3.05) is 18.4 Å². The Morgan fingerprint density at radius 3 is 2.96 bits per heavy atom. The Morgan fingerprint density at radius 1 is 1.43 bits per heavy atom. The topological polar surface area (TPSA) is 71.2 Å². The molecule has 1 saturated heterocycles. The lowest BCUT2D eigenvalue weighted by Crippen LogP contribution is -2.40. The summed E-state index contributed by atoms with van der Waals surface area (Å²) in [6, 6.07) is 8.26. The summed E-state index contributed by atoms with van der Waals surface area (Å²) in [5.41, 5.74) is 8.76. The third-order valence-electron chi connectivity index (χ3n) is 4.15. The Labute approximate surface area is 140 Å². The number of nitrogens with zero attached hydrogens (tertiary/aromatic N) is 2. The van der Waals surface area contributed by atoms with Crippen molar-refractivity contribution < 1.29 is 4.79 Å². The highest BCUT2D eigenvalue weighted by molar-refractivity contribution is 7.13. The average Bonchev–Trinajstić information content (AvgIpc) is 2.97. The van der Waals surface area contributed by atoms with E-state index in [4.69, 9.17) is 5.73 Å². The molecule has 0 aliphatic carbocycles. The van der Waals surface area contributed by atoms with Crippen molar-refractivity contribution in [2.24, 2.45) is 11.7 Å². The van der Waals surface area contributed by atoms with Crippen molar-refractivity contribution in [1.29, 1.82) is 0 Å². The third-order valence-corrected chi connectivity index (χ3v) is 4.95. The maximum Gasteiger partial charge on any atom is 0.221 e. The molecule has 6 heteroatoms. The number of piperidine rings is 1. The van der Waals surface area contributed by atoms with E-state index in [1.54, 1.807) is 11.3 Å². The van der Waals surface area contributed by atoms with E-state index in [0.717, 1.165) is 49.0 Å². The van der Waals surface area contributed by atoms with Gasteiger partial charge in [-0.05, 0) is 38.4 Å². The molecule has 2 heterocycles. The summed E-state index contributed by atoms with van der Waals surface area (Å²) in [6.07, 6.45) is 1.93. The monoisotopic (exact) mass is 330 g/mol. The molecule has 0 unspecified atom stereocenters. The van der Waals surface area contributed by atoms with E-state index in [2.05, 4.69) is 51.8 Å². The van der Waals surface area contributed by atoms with Crippen LogP contribution in [0.5, 0.6) is 0 Å². The molecule has 1 fully saturated rings. The molecule has 1 aliphatic rings. The zero-order valence-electron chi connectivity index (χ0n) is 13.3. The van der Waals surface area contributed by atoms with E-state index >= 15 is 0 Å². The molecule has 1 atom stereocenters. The molecule has 2 aromatic rings. The van der Waals surface area contributed by atoms with Gasteiger partial charge in [0.15, 0.2) is 5.13 Å². The molecular formula is C17H22N4OS. The number of hydrogen-bond donors (Lipinski definition) is 2. The number of anilines is 2. The molecule has 1 aromatic carbocycles. The molecule has 1 amide bonds. The summed E-state index contributed by atoms with van der Waals surface area (Å²) in [7, 11) is 0. The molecule has 3 N–H and O–H groups in total. The molecule has 0 saturated carbocycles. The predicted octanol–water partition coefficient (Wildman–Crippen LogP) is 2.89. The highest BCUT2D eigenvalue weighted by Crippen LogP contribution is 2.23. The summed E-state index contributed by atoms with van der Waals surface area (Å²) in [5.74, 6) is -0.206. The smallest absolute Gasteiger partial charge is 0.221 e. The molecule has 23 heavy (non-hydrogen) atoms. The first-order valence-electron chi connectivity index (χ1n) is 7.90. The molecule has 0 radical (unpaired) electrons. The van der Waals surface area contributed by atoms with Crippen LogP contribution < -0.4 is 11.1 Å². The number of benzene rings is 1. The first-order chi connectivity index (χ1) is 11.1. The Hall–Kier alpha value is -1.92. The number of aryl methyl sites for hydroxylation is 1. The van der Waals surface area contributed by atoms with E-state index in [9.17, 15) is 4.79 Å². The van der Waals surface area contributed by atoms with Gasteiger partial charge in [0.05, 0.1) is 11.6 Å². The predicted molar refractivity (Wildman–Crippen MR) is 93.8 cm³/mol. The zero-order chi connectivity index (χ0) is 16.2. The largest absolute Gasteiger partial charge is 0.369 e. The minimum Gasteiger partial charge on any atom is -0.369 e. The standard InChI is InChI=1S/C17H22N4OS/c1-12-4-6-14(7-5-12)19-17-20-15(11-23-17)10-21-8-2-3-13(9-21)16(18)22/h4-7,11,13H,2-3,8-10H2,1H3,(H2,18,22)(H,19,20)/t13-/m0/s1. The van der Waals surface area contributed by atoms with E-state index in [0.29, 0.717) is 0 Å². The lowest BCUT2D eigenvalue weighted by atomic mass is 9.97. The van der Waals surface area contributed by atoms with Gasteiger partial charge in [-0.1, -0.05) is 17.7 Å². The molecule has 0 bridgehead atoms. The summed E-state index contributed by atoms with van der Waals surface area (Å²) >= 11 is 1.60. The number of amides is 1. The number of thiazole rings is 1. The maximum absolute atomic E-state index is 11.4. The number of likely N-dealkylation sites (tertiary alicyclic amines) is 1. The number of hydrogen-bond acceptors (Lipinski definition) is 5. The van der Waals surface area contributed by atoms with Gasteiger partial charge in [-0.2, -0.15) is 0 Å². The molecule has 0 spiro atoms. The fourth-order valence-corrected chi connectivity index (χ4v) is 3.58. The molecule has 1 aromatic heterocycles. The minimum absolute atomic E-state index is 0.0208. The van der Waals surface area contributed by atoms with Gasteiger partial charge >= 0.3 is 0 Å². The second-order valence-corrected chi connectivity index (χ2v) is 6.97. The van der Waals surface area contributed by atoms with Crippen molar-refractivity contribution in [1.82, 2.24) is 9.88 Å². The van der Waals surface area contributed by atoms with Gasteiger partial charge in [-0.25, -0.2) is 4.98 Å². The van der Waals surface area contributed by atoms with Crippen LogP contribution in [0.25, 0.3) is 0 Å². The Morgan fingerprint density at radius 2 is 2.22 bits per heavy atom. The van der Waals surface area contributed by atoms with Crippen molar-refractivity contribution in [3.05, 3.63) is 40.9 Å². The van der Waals surface area contributed by atoms with Gasteiger partial charge < -0.3 is 11.1 Å². The highest BCUT2D eigenvalue weighted by atomic mass is 32.1. The molecule has 5 nitrogen and oxygen atoms in total. The first kappa shape index (κ1) is 16.0. The van der Waals surface area contributed by atoms with E-state index in [-0.39, 0.29) is 11.8 Å². The number of rotatable bonds is 5. The van der Waals surface area contributed by atoms with Crippen LogP contribution in [0.3, 0.4) is 0 Å². The van der Waals surface area contributed by atoms with Crippen molar-refractivity contribution in [3.63, 3.8) is 0 Å². The van der Waals surface area contributed by atoms with Crippen LogP contribution in [0.1, 0.15) is 24.1 Å². The average molecular weight is 330 g/mol. The molecule has 1 aliphatic heterocycles. The lowest BCUT2D eigenvalue weighted by Gasteiger charge is -2.30. The van der Waals surface area contributed by atoms with Crippen LogP contribution in [0.4, 0.5) is 10.8 Å². The second-order valence-electron chi connectivity index (χ2n) is 6.11. The zero-order valence-corrected chi connectivity index (χ0v) is 14.1. The number of carbonyl (C=O) groups excluding carboxylic acids is 1. The van der Waals surface area contributed by atoms with E-state index in [1.807, 2.05) is 0 Å². The number of nitrogens with one attached hydrogen (secondary N) is 1. The summed E-state index contributed by atoms with van der Waals surface area (Å²) < 4.78 is 0. The second kappa shape index (κ2) is 7.10. The van der Waals surface area contributed by atoms with Gasteiger partial charge in [0.25, 0.3) is 0 Å². The van der Waals surface area contributed by atoms with Crippen molar-refractivity contribution >= 4 is 28.1 Å². The van der Waals surface area contributed by atoms with Crippen LogP contribution >= 0.6 is 11.3 Å². The molecular weight excluding hydrogens is 308 g/mol. The number of nitrogens with two attached hydrogens (primary N) is 1. The van der Waals surface area contributed by atoms with Crippen LogP contribution in [0.15, 0.2) is 29.6 Å². The van der Waals surface area contributed by atoms with Crippen LogP contribution in [0.2, 0.25) is 0 Å². The van der Waals surface area contributed by atoms with Crippen molar-refractivity contribution in [3.8, 4) is 0 Å². The normalized spacial score (nSPS) is 18.7. The van der Waals surface area contributed by atoms with Gasteiger partial charge in [-0.3, -0.25) is 9.69 Å². The maximum atomic E-state index is 11.4. The summed E-state index contributed by atoms with van der Waals surface area (Å²) in [5, 5.41) is 6.30. The minimum atomic E-state index is -0.185. The lowest BCUT2D eigenvalue weighted by molar-refractivity contribution is -0.123. The fraction of sp³-hybridized carbons (Fsp3) is 0.412. The van der Waals surface area contributed by atoms with Crippen LogP contribution in [-0.2, 0) is 11.3 Å². The third kappa shape index (κ3) is 4.30. The summed E-state index contributed by atoms with van der Waals surface area (Å²) in [4.78, 5) is 18.3. The van der Waals surface area contributed by atoms with Crippen molar-refractivity contribution in [2.45, 2.75) is 26.3 Å². The van der Waals surface area contributed by atoms with Gasteiger partial charge in [0.2, 0.25) is 5.91 Å². The quantitative estimate of drug-likeness (QED) is 0.884. The highest BCUT2D eigenvalue weighted by Gasteiger charge is 2.24. The Balaban J connectivity index is 1.58. The van der Waals surface area contributed by atoms with Gasteiger partial charge in [0, 0.05) is 24.2 Å². The SMILES string of the molecule is Cc1ccc(Nc2nc(CN3CCC[C@H](C(N)=O)C3)cs2)cc1. The Bertz CT molecular complexity index is 667. The van der Waals surface area contributed by atoms with E-state index in [1.165, 1.54) is 5.56 Å². The molecule has 122 valence electrons. The molecule has 3 rings (SSSR count). The number of aromatic nitrogens is 1. The van der Waals surface area contributed by atoms with Crippen LogP contribution in [0, 0.1) is 12.8 Å². The first-order valence-corrected chi connectivity index (χ1v) is 8.78. The van der Waals surface area contributed by atoms with Gasteiger partial charge in [0.1, 0.15) is 0 Å². The van der Waals surface area contributed by atoms with Gasteiger partial charge in [-0.15, -0.1) is 11.3 Å².